The molecule has 6 nitrogen and oxygen atoms in total. The molecule has 16 heavy (non-hydrogen) atoms. The van der Waals surface area contributed by atoms with Gasteiger partial charge in [-0.2, -0.15) is 0 Å². The van der Waals surface area contributed by atoms with E-state index in [4.69, 9.17) is 5.73 Å². The normalized spacial score (nSPS) is 13.6. The molecular weight excluding hydrogens is 206 g/mol. The molecule has 0 radical (unpaired) electrons. The van der Waals surface area contributed by atoms with Gasteiger partial charge in [0.2, 0.25) is 5.65 Å². The monoisotopic (exact) mass is 221 g/mol. The van der Waals surface area contributed by atoms with Crippen molar-refractivity contribution in [1.29, 1.82) is 0 Å². The molecule has 2 aromatic rings. The molecule has 1 atom stereocenters. The van der Waals surface area contributed by atoms with Gasteiger partial charge in [0, 0.05) is 19.4 Å². The number of nitrogens with two attached hydrogens (primary N) is 1. The molecule has 0 spiro atoms. The molecule has 2 rings (SSSR count). The van der Waals surface area contributed by atoms with E-state index >= 15 is 0 Å². The molecule has 0 bridgehead atoms. The van der Waals surface area contributed by atoms with E-state index in [0.29, 0.717) is 11.5 Å². The van der Waals surface area contributed by atoms with Crippen LogP contribution < -0.4 is 11.3 Å². The third kappa shape index (κ3) is 1.51. The third-order valence-corrected chi connectivity index (χ3v) is 2.69. The number of hydrogen-bond acceptors (Lipinski definition) is 4. The maximum atomic E-state index is 11.7. The van der Waals surface area contributed by atoms with E-state index in [1.807, 2.05) is 13.8 Å². The van der Waals surface area contributed by atoms with Crippen LogP contribution >= 0.6 is 0 Å². The van der Waals surface area contributed by atoms with Crippen molar-refractivity contribution in [2.45, 2.75) is 19.9 Å². The highest BCUT2D eigenvalue weighted by Crippen LogP contribution is 2.16. The summed E-state index contributed by atoms with van der Waals surface area (Å²) >= 11 is 0. The van der Waals surface area contributed by atoms with Gasteiger partial charge < -0.3 is 10.3 Å². The Kier molecular flexibility index (Phi) is 2.51. The van der Waals surface area contributed by atoms with Crippen molar-refractivity contribution < 1.29 is 0 Å². The number of aryl methyl sites for hydroxylation is 1. The number of rotatable bonds is 2. The molecule has 0 saturated carbocycles. The molecule has 0 aliphatic heterocycles. The number of hydrogen-bond donors (Lipinski definition) is 1. The summed E-state index contributed by atoms with van der Waals surface area (Å²) in [4.78, 5) is 11.7. The Balaban J connectivity index is 2.67. The van der Waals surface area contributed by atoms with Gasteiger partial charge in [-0.25, -0.2) is 0 Å². The topological polar surface area (TPSA) is 78.2 Å². The van der Waals surface area contributed by atoms with Crippen molar-refractivity contribution in [2.75, 3.05) is 0 Å². The van der Waals surface area contributed by atoms with Crippen LogP contribution in [0.4, 0.5) is 0 Å². The van der Waals surface area contributed by atoms with Gasteiger partial charge in [-0.1, -0.05) is 13.8 Å². The highest BCUT2D eigenvalue weighted by molar-refractivity contribution is 5.35. The summed E-state index contributed by atoms with van der Waals surface area (Å²) < 4.78 is 3.13. The maximum absolute atomic E-state index is 11.7. The zero-order valence-corrected chi connectivity index (χ0v) is 9.58. The lowest BCUT2D eigenvalue weighted by Gasteiger charge is -2.13. The van der Waals surface area contributed by atoms with Gasteiger partial charge in [0.15, 0.2) is 5.82 Å². The van der Waals surface area contributed by atoms with Gasteiger partial charge in [0.05, 0.1) is 6.04 Å². The van der Waals surface area contributed by atoms with Crippen molar-refractivity contribution >= 4 is 5.65 Å². The Bertz CT molecular complexity index is 568. The Labute approximate surface area is 92.7 Å². The maximum Gasteiger partial charge on any atom is 0.295 e. The molecule has 0 aromatic carbocycles. The summed E-state index contributed by atoms with van der Waals surface area (Å²) in [6.07, 6.45) is 3.43. The van der Waals surface area contributed by atoms with Gasteiger partial charge in [-0.3, -0.25) is 9.20 Å². The molecule has 6 heteroatoms. The highest BCUT2D eigenvalue weighted by atomic mass is 16.1. The quantitative estimate of drug-likeness (QED) is 0.779. The zero-order valence-electron chi connectivity index (χ0n) is 9.58. The first-order valence-electron chi connectivity index (χ1n) is 5.18. The average Bonchev–Trinajstić information content (AvgIpc) is 2.66. The van der Waals surface area contributed by atoms with E-state index in [9.17, 15) is 4.79 Å². The zero-order chi connectivity index (χ0) is 11.9. The van der Waals surface area contributed by atoms with E-state index in [1.165, 1.54) is 4.57 Å². The Morgan fingerprint density at radius 3 is 2.62 bits per heavy atom. The van der Waals surface area contributed by atoms with Gasteiger partial charge in [-0.05, 0) is 5.92 Å². The van der Waals surface area contributed by atoms with E-state index in [0.717, 1.165) is 0 Å². The molecule has 86 valence electrons. The second-order valence-electron chi connectivity index (χ2n) is 4.24. The van der Waals surface area contributed by atoms with Crippen molar-refractivity contribution in [3.05, 3.63) is 28.6 Å². The summed E-state index contributed by atoms with van der Waals surface area (Å²) in [6, 6.07) is -0.220. The minimum absolute atomic E-state index is 0.169. The van der Waals surface area contributed by atoms with Crippen LogP contribution in [0, 0.1) is 5.92 Å². The summed E-state index contributed by atoms with van der Waals surface area (Å²) in [7, 11) is 1.68. The lowest BCUT2D eigenvalue weighted by Crippen LogP contribution is -2.22. The van der Waals surface area contributed by atoms with Gasteiger partial charge in [-0.15, -0.1) is 10.2 Å². The van der Waals surface area contributed by atoms with Crippen LogP contribution in [0.25, 0.3) is 5.65 Å². The SMILES string of the molecule is CC(C)C(N)c1nnc2c(=O)n(C)ccn12. The summed E-state index contributed by atoms with van der Waals surface area (Å²) in [5.41, 5.74) is 6.15. The van der Waals surface area contributed by atoms with Gasteiger partial charge in [0.25, 0.3) is 5.56 Å². The van der Waals surface area contributed by atoms with E-state index < -0.39 is 0 Å². The van der Waals surface area contributed by atoms with Gasteiger partial charge >= 0.3 is 0 Å². The predicted molar refractivity (Wildman–Crippen MR) is 60.0 cm³/mol. The molecule has 1 unspecified atom stereocenters. The third-order valence-electron chi connectivity index (χ3n) is 2.69. The first kappa shape index (κ1) is 10.8. The lowest BCUT2D eigenvalue weighted by molar-refractivity contribution is 0.486. The van der Waals surface area contributed by atoms with Crippen molar-refractivity contribution in [1.82, 2.24) is 19.2 Å². The second-order valence-corrected chi connectivity index (χ2v) is 4.24. The Morgan fingerprint density at radius 1 is 1.31 bits per heavy atom. The minimum Gasteiger partial charge on any atom is -0.321 e. The first-order valence-corrected chi connectivity index (χ1v) is 5.18. The fourth-order valence-electron chi connectivity index (χ4n) is 1.51. The van der Waals surface area contributed by atoms with Crippen LogP contribution in [0.3, 0.4) is 0 Å². The minimum atomic E-state index is -0.220. The van der Waals surface area contributed by atoms with Crippen LogP contribution in [-0.2, 0) is 7.05 Å². The summed E-state index contributed by atoms with van der Waals surface area (Å²) in [6.45, 7) is 4.01. The predicted octanol–water partition coefficient (Wildman–Crippen LogP) is 0.0838. The Morgan fingerprint density at radius 2 is 2.00 bits per heavy atom. The van der Waals surface area contributed by atoms with Crippen LogP contribution in [0.1, 0.15) is 25.7 Å². The first-order chi connectivity index (χ1) is 7.52. The molecule has 2 N–H and O–H groups in total. The van der Waals surface area contributed by atoms with Crippen LogP contribution in [0.2, 0.25) is 0 Å². The van der Waals surface area contributed by atoms with Crippen LogP contribution in [-0.4, -0.2) is 19.2 Å². The molecule has 0 amide bonds. The summed E-state index contributed by atoms with van der Waals surface area (Å²) in [5, 5.41) is 7.88. The van der Waals surface area contributed by atoms with Crippen molar-refractivity contribution in [3.8, 4) is 0 Å². The molecular formula is C10H15N5O. The largest absolute Gasteiger partial charge is 0.321 e. The molecule has 0 aliphatic rings. The molecule has 2 aromatic heterocycles. The van der Waals surface area contributed by atoms with Crippen LogP contribution in [0.5, 0.6) is 0 Å². The molecule has 0 saturated heterocycles. The smallest absolute Gasteiger partial charge is 0.295 e. The standard InChI is InChI=1S/C10H15N5O/c1-6(2)7(11)8-12-13-9-10(16)14(3)4-5-15(8)9/h4-7H,11H2,1-3H3. The number of nitrogens with zero attached hydrogens (tertiary/aromatic N) is 4. The van der Waals surface area contributed by atoms with Crippen molar-refractivity contribution in [3.63, 3.8) is 0 Å². The molecule has 2 heterocycles. The lowest BCUT2D eigenvalue weighted by atomic mass is 10.1. The number of fused-ring (bicyclic) bond motifs is 1. The van der Waals surface area contributed by atoms with Gasteiger partial charge in [0.1, 0.15) is 0 Å². The van der Waals surface area contributed by atoms with E-state index in [-0.39, 0.29) is 17.5 Å². The van der Waals surface area contributed by atoms with E-state index in [2.05, 4.69) is 10.2 Å². The van der Waals surface area contributed by atoms with E-state index in [1.54, 1.807) is 23.8 Å². The fraction of sp³-hybridized carbons (Fsp3) is 0.500. The second kappa shape index (κ2) is 3.71. The molecule has 0 aliphatic carbocycles. The summed E-state index contributed by atoms with van der Waals surface area (Å²) in [5.74, 6) is 0.874. The Hall–Kier alpha value is -1.69. The van der Waals surface area contributed by atoms with Crippen molar-refractivity contribution in [2.24, 2.45) is 18.7 Å². The average molecular weight is 221 g/mol. The highest BCUT2D eigenvalue weighted by Gasteiger charge is 2.18. The van der Waals surface area contributed by atoms with Crippen LogP contribution in [0.15, 0.2) is 17.2 Å². The molecule has 0 fully saturated rings. The fourth-order valence-corrected chi connectivity index (χ4v) is 1.51. The number of aromatic nitrogens is 4.